The molecule has 0 radical (unpaired) electrons. The molecule has 0 aromatic heterocycles. The number of aryl methyl sites for hydroxylation is 1. The van der Waals surface area contributed by atoms with Gasteiger partial charge >= 0.3 is 0 Å². The summed E-state index contributed by atoms with van der Waals surface area (Å²) in [5.41, 5.74) is 3.05. The van der Waals surface area contributed by atoms with Crippen molar-refractivity contribution in [3.8, 4) is 5.75 Å². The molecule has 5 heteroatoms. The lowest BCUT2D eigenvalue weighted by molar-refractivity contribution is -0.121. The molecule has 0 N–H and O–H groups in total. The number of rotatable bonds is 5. The lowest BCUT2D eigenvalue weighted by Gasteiger charge is -2.09. The van der Waals surface area contributed by atoms with Crippen LogP contribution in [0.4, 0.5) is 5.69 Å². The highest BCUT2D eigenvalue weighted by Crippen LogP contribution is 2.34. The Kier molecular flexibility index (Phi) is 6.01. The Morgan fingerprint density at radius 2 is 1.85 bits per heavy atom. The Balaban J connectivity index is 1.83. The van der Waals surface area contributed by atoms with Gasteiger partial charge in [0.15, 0.2) is 5.17 Å². The lowest BCUT2D eigenvalue weighted by Crippen LogP contribution is -2.23. The minimum Gasteiger partial charge on any atom is -0.491 e. The second-order valence-electron chi connectivity index (χ2n) is 6.59. The number of amidine groups is 1. The predicted octanol–water partition coefficient (Wildman–Crippen LogP) is 5.27. The number of thioether (sulfide) groups is 1. The molecule has 0 unspecified atom stereocenters. The van der Waals surface area contributed by atoms with Gasteiger partial charge in [-0.05, 0) is 67.4 Å². The molecule has 1 amide bonds. The van der Waals surface area contributed by atoms with E-state index in [0.29, 0.717) is 10.1 Å². The lowest BCUT2D eigenvalue weighted by atomic mass is 10.1. The maximum Gasteiger partial charge on any atom is 0.266 e. The largest absolute Gasteiger partial charge is 0.491 e. The third kappa shape index (κ3) is 4.61. The van der Waals surface area contributed by atoms with Crippen LogP contribution >= 0.6 is 11.8 Å². The second kappa shape index (κ2) is 8.44. The Bertz CT molecular complexity index is 885. The Morgan fingerprint density at radius 3 is 2.52 bits per heavy atom. The zero-order valence-electron chi connectivity index (χ0n) is 16.1. The highest BCUT2D eigenvalue weighted by molar-refractivity contribution is 8.18. The Labute approximate surface area is 164 Å². The van der Waals surface area contributed by atoms with Gasteiger partial charge in [0.2, 0.25) is 0 Å². The average Bonchev–Trinajstić information content (AvgIpc) is 2.91. The Hall–Kier alpha value is -2.53. The van der Waals surface area contributed by atoms with Crippen LogP contribution in [0.5, 0.6) is 5.75 Å². The number of carbonyl (C=O) groups excluding carboxylic acids is 1. The van der Waals surface area contributed by atoms with E-state index in [1.807, 2.05) is 62.4 Å². The maximum atomic E-state index is 12.6. The fourth-order valence-electron chi connectivity index (χ4n) is 2.74. The summed E-state index contributed by atoms with van der Waals surface area (Å²) in [5, 5.41) is 0.701. The van der Waals surface area contributed by atoms with Crippen molar-refractivity contribution in [1.29, 1.82) is 0 Å². The van der Waals surface area contributed by atoms with Gasteiger partial charge in [0, 0.05) is 7.05 Å². The van der Waals surface area contributed by atoms with E-state index >= 15 is 0 Å². The first kappa shape index (κ1) is 19.2. The first-order chi connectivity index (χ1) is 13.0. The number of ether oxygens (including phenoxy) is 1. The third-order valence-electron chi connectivity index (χ3n) is 4.14. The van der Waals surface area contributed by atoms with Crippen molar-refractivity contribution in [1.82, 2.24) is 4.90 Å². The van der Waals surface area contributed by atoms with E-state index in [4.69, 9.17) is 9.73 Å². The molecular formula is C22H24N2O2S. The molecule has 1 fully saturated rings. The minimum absolute atomic E-state index is 0.0322. The van der Waals surface area contributed by atoms with Gasteiger partial charge in [0.1, 0.15) is 5.75 Å². The fourth-order valence-corrected chi connectivity index (χ4v) is 3.72. The summed E-state index contributed by atoms with van der Waals surface area (Å²) in [6.07, 6.45) is 2.94. The molecule has 0 spiro atoms. The van der Waals surface area contributed by atoms with E-state index < -0.39 is 0 Å². The van der Waals surface area contributed by atoms with Crippen LogP contribution < -0.4 is 4.74 Å². The molecule has 4 nitrogen and oxygen atoms in total. The zero-order valence-corrected chi connectivity index (χ0v) is 16.9. The third-order valence-corrected chi connectivity index (χ3v) is 5.20. The summed E-state index contributed by atoms with van der Waals surface area (Å²) in [5.74, 6) is 0.795. The van der Waals surface area contributed by atoms with E-state index in [0.717, 1.165) is 23.4 Å². The summed E-state index contributed by atoms with van der Waals surface area (Å²) < 4.78 is 5.66. The smallest absolute Gasteiger partial charge is 0.266 e. The van der Waals surface area contributed by atoms with Gasteiger partial charge in [-0.15, -0.1) is 0 Å². The molecule has 0 atom stereocenters. The molecule has 1 aliphatic rings. The highest BCUT2D eigenvalue weighted by atomic mass is 32.2. The van der Waals surface area contributed by atoms with Crippen LogP contribution in [-0.4, -0.2) is 29.1 Å². The normalized spacial score (nSPS) is 17.4. The highest BCUT2D eigenvalue weighted by Gasteiger charge is 2.30. The summed E-state index contributed by atoms with van der Waals surface area (Å²) >= 11 is 1.41. The number of benzene rings is 2. The van der Waals surface area contributed by atoms with Crippen molar-refractivity contribution in [3.63, 3.8) is 0 Å². The van der Waals surface area contributed by atoms with E-state index in [1.165, 1.54) is 17.3 Å². The van der Waals surface area contributed by atoms with Crippen LogP contribution in [0.1, 0.15) is 31.9 Å². The van der Waals surface area contributed by atoms with Crippen molar-refractivity contribution in [2.45, 2.75) is 33.3 Å². The van der Waals surface area contributed by atoms with Crippen molar-refractivity contribution in [2.24, 2.45) is 4.99 Å². The summed E-state index contributed by atoms with van der Waals surface area (Å²) in [4.78, 5) is 19.6. The van der Waals surface area contributed by atoms with E-state index in [-0.39, 0.29) is 12.0 Å². The molecule has 0 aliphatic carbocycles. The number of hydrogen-bond donors (Lipinski definition) is 0. The summed E-state index contributed by atoms with van der Waals surface area (Å²) in [6.45, 7) is 6.10. The first-order valence-corrected chi connectivity index (χ1v) is 9.90. The monoisotopic (exact) mass is 380 g/mol. The van der Waals surface area contributed by atoms with Crippen molar-refractivity contribution >= 4 is 34.6 Å². The topological polar surface area (TPSA) is 41.9 Å². The SMILES string of the molecule is CCc1ccccc1N=C1S/C(=C/c2ccc(OC(C)C)cc2)C(=O)N1C. The van der Waals surface area contributed by atoms with E-state index in [9.17, 15) is 4.79 Å². The van der Waals surface area contributed by atoms with Crippen LogP contribution in [0.2, 0.25) is 0 Å². The fraction of sp³-hybridized carbons (Fsp3) is 0.273. The van der Waals surface area contributed by atoms with Gasteiger partial charge in [-0.1, -0.05) is 37.3 Å². The summed E-state index contributed by atoms with van der Waals surface area (Å²) in [7, 11) is 1.77. The van der Waals surface area contributed by atoms with Gasteiger partial charge in [0.05, 0.1) is 16.7 Å². The molecule has 0 bridgehead atoms. The number of likely N-dealkylation sites (N-methyl/N-ethyl adjacent to an activating group) is 1. The molecule has 1 aliphatic heterocycles. The molecule has 0 saturated carbocycles. The number of amides is 1. The van der Waals surface area contributed by atoms with Crippen LogP contribution in [0, 0.1) is 0 Å². The molecule has 2 aromatic rings. The quantitative estimate of drug-likeness (QED) is 0.664. The van der Waals surface area contributed by atoms with Crippen LogP contribution in [0.3, 0.4) is 0 Å². The first-order valence-electron chi connectivity index (χ1n) is 9.09. The summed E-state index contributed by atoms with van der Waals surface area (Å²) in [6, 6.07) is 15.8. The van der Waals surface area contributed by atoms with E-state index in [1.54, 1.807) is 11.9 Å². The van der Waals surface area contributed by atoms with E-state index in [2.05, 4.69) is 13.0 Å². The number of carbonyl (C=O) groups is 1. The number of hydrogen-bond acceptors (Lipinski definition) is 4. The molecule has 1 saturated heterocycles. The molecule has 140 valence electrons. The standard InChI is InChI=1S/C22H24N2O2S/c1-5-17-8-6-7-9-19(17)23-22-24(4)21(25)20(27-22)14-16-10-12-18(13-11-16)26-15(2)3/h6-15H,5H2,1-4H3/b20-14+,23-22?. The second-order valence-corrected chi connectivity index (χ2v) is 7.60. The van der Waals surface area contributed by atoms with Crippen LogP contribution in [0.15, 0.2) is 58.4 Å². The molecule has 2 aromatic carbocycles. The van der Waals surface area contributed by atoms with Crippen molar-refractivity contribution in [3.05, 3.63) is 64.6 Å². The molecule has 3 rings (SSSR count). The maximum absolute atomic E-state index is 12.6. The van der Waals surface area contributed by atoms with Crippen LogP contribution in [0.25, 0.3) is 6.08 Å². The van der Waals surface area contributed by atoms with Crippen molar-refractivity contribution in [2.75, 3.05) is 7.05 Å². The van der Waals surface area contributed by atoms with Gasteiger partial charge in [-0.25, -0.2) is 4.99 Å². The number of aliphatic imine (C=N–C) groups is 1. The average molecular weight is 381 g/mol. The van der Waals surface area contributed by atoms with Crippen molar-refractivity contribution < 1.29 is 9.53 Å². The molecule has 27 heavy (non-hydrogen) atoms. The van der Waals surface area contributed by atoms with Gasteiger partial charge in [0.25, 0.3) is 5.91 Å². The molecular weight excluding hydrogens is 356 g/mol. The number of para-hydroxylation sites is 1. The van der Waals surface area contributed by atoms with Gasteiger partial charge in [-0.2, -0.15) is 0 Å². The minimum atomic E-state index is -0.0322. The predicted molar refractivity (Wildman–Crippen MR) is 113 cm³/mol. The van der Waals surface area contributed by atoms with Gasteiger partial charge < -0.3 is 4.74 Å². The Morgan fingerprint density at radius 1 is 1.15 bits per heavy atom. The number of nitrogens with zero attached hydrogens (tertiary/aromatic N) is 2. The zero-order chi connectivity index (χ0) is 19.4. The van der Waals surface area contributed by atoms with Gasteiger partial charge in [-0.3, -0.25) is 9.69 Å². The van der Waals surface area contributed by atoms with Crippen LogP contribution in [-0.2, 0) is 11.2 Å². The molecule has 1 heterocycles.